The molecule has 1 aromatic carbocycles. The summed E-state index contributed by atoms with van der Waals surface area (Å²) in [6.07, 6.45) is 4.03. The lowest BCUT2D eigenvalue weighted by molar-refractivity contribution is -0.127. The van der Waals surface area contributed by atoms with E-state index in [0.717, 1.165) is 11.3 Å². The van der Waals surface area contributed by atoms with E-state index in [1.165, 1.54) is 12.1 Å². The highest BCUT2D eigenvalue weighted by molar-refractivity contribution is 5.80. The first kappa shape index (κ1) is 19.9. The third kappa shape index (κ3) is 4.49. The molecule has 1 fully saturated rings. The van der Waals surface area contributed by atoms with Gasteiger partial charge in [-0.25, -0.2) is 9.07 Å². The number of rotatable bonds is 4. The molecule has 0 unspecified atom stereocenters. The van der Waals surface area contributed by atoms with Crippen LogP contribution < -0.4 is 11.1 Å². The van der Waals surface area contributed by atoms with Crippen molar-refractivity contribution in [3.8, 4) is 5.69 Å². The molecule has 0 aliphatic carbocycles. The summed E-state index contributed by atoms with van der Waals surface area (Å²) in [4.78, 5) is 18.5. The highest BCUT2D eigenvalue weighted by Gasteiger charge is 2.39. The van der Waals surface area contributed by atoms with E-state index < -0.39 is 0 Å². The van der Waals surface area contributed by atoms with Gasteiger partial charge in [0.25, 0.3) is 0 Å². The van der Waals surface area contributed by atoms with Crippen LogP contribution in [0.1, 0.15) is 38.8 Å². The molecule has 2 aromatic rings. The van der Waals surface area contributed by atoms with Gasteiger partial charge in [0.2, 0.25) is 5.91 Å². The summed E-state index contributed by atoms with van der Waals surface area (Å²) in [5, 5.41) is 7.51. The number of halogens is 1. The second kappa shape index (κ2) is 7.61. The lowest BCUT2D eigenvalue weighted by atomic mass is 9.96. The van der Waals surface area contributed by atoms with Crippen LogP contribution in [0, 0.1) is 11.7 Å². The molecule has 1 aliphatic heterocycles. The van der Waals surface area contributed by atoms with E-state index in [1.54, 1.807) is 35.0 Å². The predicted octanol–water partition coefficient (Wildman–Crippen LogP) is 2.23. The van der Waals surface area contributed by atoms with Gasteiger partial charge < -0.3 is 16.0 Å². The number of aliphatic imine (C=N–C) groups is 1. The van der Waals surface area contributed by atoms with Gasteiger partial charge >= 0.3 is 0 Å². The molecular formula is C20H27FN6O. The Morgan fingerprint density at radius 1 is 1.36 bits per heavy atom. The van der Waals surface area contributed by atoms with Crippen LogP contribution >= 0.6 is 0 Å². The molecule has 0 radical (unpaired) electrons. The fourth-order valence-electron chi connectivity index (χ4n) is 3.48. The number of benzene rings is 1. The summed E-state index contributed by atoms with van der Waals surface area (Å²) in [6.45, 7) is 6.47. The van der Waals surface area contributed by atoms with Crippen LogP contribution in [0.15, 0.2) is 41.7 Å². The molecule has 8 heteroatoms. The van der Waals surface area contributed by atoms with E-state index in [0.29, 0.717) is 18.9 Å². The summed E-state index contributed by atoms with van der Waals surface area (Å²) in [7, 11) is 1.79. The minimum absolute atomic E-state index is 0.00341. The highest BCUT2D eigenvalue weighted by Crippen LogP contribution is 2.37. The second-order valence-electron chi connectivity index (χ2n) is 8.21. The Bertz CT molecular complexity index is 868. The standard InChI is InChI=1S/C20H27FN6O/c1-20(2,3)25-19(22)23-10-13-9-17(28)26(4)18(13)14-11-24-27(12-14)16-7-5-15(21)6-8-16/h5-8,11-13,18H,9-10H2,1-4H3,(H3,22,23,25)/t13-,18+/m0/s1. The van der Waals surface area contributed by atoms with Gasteiger partial charge in [-0.1, -0.05) is 0 Å². The number of nitrogens with zero attached hydrogens (tertiary/aromatic N) is 4. The van der Waals surface area contributed by atoms with E-state index in [-0.39, 0.29) is 29.2 Å². The van der Waals surface area contributed by atoms with Crippen LogP contribution in [0.2, 0.25) is 0 Å². The van der Waals surface area contributed by atoms with Crippen molar-refractivity contribution in [3.63, 3.8) is 0 Å². The predicted molar refractivity (Wildman–Crippen MR) is 107 cm³/mol. The van der Waals surface area contributed by atoms with E-state index in [2.05, 4.69) is 15.4 Å². The minimum Gasteiger partial charge on any atom is -0.370 e. The monoisotopic (exact) mass is 386 g/mol. The van der Waals surface area contributed by atoms with Gasteiger partial charge in [-0.2, -0.15) is 5.10 Å². The SMILES string of the molecule is CN1C(=O)C[C@@H](CN=C(N)NC(C)(C)C)[C@@H]1c1cnn(-c2ccc(F)cc2)c1. The van der Waals surface area contributed by atoms with Crippen LogP contribution in [0.4, 0.5) is 4.39 Å². The Balaban J connectivity index is 1.79. The Morgan fingerprint density at radius 2 is 2.04 bits per heavy atom. The smallest absolute Gasteiger partial charge is 0.223 e. The van der Waals surface area contributed by atoms with Gasteiger partial charge in [0, 0.05) is 43.2 Å². The Labute approximate surface area is 164 Å². The molecule has 1 aliphatic rings. The molecule has 0 bridgehead atoms. The lowest BCUT2D eigenvalue weighted by Crippen LogP contribution is -2.45. The topological polar surface area (TPSA) is 88.5 Å². The van der Waals surface area contributed by atoms with Crippen LogP contribution in [0.25, 0.3) is 5.69 Å². The van der Waals surface area contributed by atoms with Gasteiger partial charge in [-0.05, 0) is 45.0 Å². The molecule has 0 saturated carbocycles. The summed E-state index contributed by atoms with van der Waals surface area (Å²) in [5.74, 6) is 0.151. The van der Waals surface area contributed by atoms with Crippen LogP contribution in [-0.4, -0.2) is 45.7 Å². The number of nitrogens with two attached hydrogens (primary N) is 1. The van der Waals surface area contributed by atoms with Gasteiger partial charge in [0.1, 0.15) is 5.82 Å². The maximum absolute atomic E-state index is 13.2. The number of aromatic nitrogens is 2. The first-order valence-corrected chi connectivity index (χ1v) is 9.28. The number of carbonyl (C=O) groups excluding carboxylic acids is 1. The zero-order chi connectivity index (χ0) is 20.5. The molecule has 2 atom stereocenters. The number of hydrogen-bond donors (Lipinski definition) is 2. The van der Waals surface area contributed by atoms with Crippen LogP contribution in [0.5, 0.6) is 0 Å². The first-order chi connectivity index (χ1) is 13.1. The minimum atomic E-state index is -0.295. The quantitative estimate of drug-likeness (QED) is 0.623. The van der Waals surface area contributed by atoms with Crippen molar-refractivity contribution in [1.82, 2.24) is 20.0 Å². The van der Waals surface area contributed by atoms with Crippen LogP contribution in [0.3, 0.4) is 0 Å². The van der Waals surface area contributed by atoms with Gasteiger partial charge in [-0.15, -0.1) is 0 Å². The third-order valence-electron chi connectivity index (χ3n) is 4.73. The Hall–Kier alpha value is -2.90. The molecule has 2 heterocycles. The molecule has 150 valence electrons. The van der Waals surface area contributed by atoms with E-state index in [9.17, 15) is 9.18 Å². The fourth-order valence-corrected chi connectivity index (χ4v) is 3.48. The lowest BCUT2D eigenvalue weighted by Gasteiger charge is -2.24. The summed E-state index contributed by atoms with van der Waals surface area (Å²) in [6, 6.07) is 5.98. The molecule has 1 amide bonds. The van der Waals surface area contributed by atoms with Crippen molar-refractivity contribution in [1.29, 1.82) is 0 Å². The molecular weight excluding hydrogens is 359 g/mol. The average molecular weight is 386 g/mol. The van der Waals surface area contributed by atoms with Gasteiger partial charge in [0.05, 0.1) is 17.9 Å². The fraction of sp³-hybridized carbons (Fsp3) is 0.450. The van der Waals surface area contributed by atoms with Crippen molar-refractivity contribution >= 4 is 11.9 Å². The van der Waals surface area contributed by atoms with Crippen molar-refractivity contribution in [2.75, 3.05) is 13.6 Å². The number of amides is 1. The zero-order valence-electron chi connectivity index (χ0n) is 16.7. The largest absolute Gasteiger partial charge is 0.370 e. The van der Waals surface area contributed by atoms with Gasteiger partial charge in [0.15, 0.2) is 5.96 Å². The van der Waals surface area contributed by atoms with E-state index in [1.807, 2.05) is 27.0 Å². The Morgan fingerprint density at radius 3 is 2.68 bits per heavy atom. The maximum Gasteiger partial charge on any atom is 0.223 e. The first-order valence-electron chi connectivity index (χ1n) is 9.28. The van der Waals surface area contributed by atoms with Crippen molar-refractivity contribution in [3.05, 3.63) is 48.0 Å². The number of guanidine groups is 1. The molecule has 3 rings (SSSR count). The van der Waals surface area contributed by atoms with Crippen molar-refractivity contribution in [2.45, 2.75) is 38.8 Å². The third-order valence-corrected chi connectivity index (χ3v) is 4.73. The molecule has 1 aromatic heterocycles. The van der Waals surface area contributed by atoms with E-state index in [4.69, 9.17) is 5.73 Å². The summed E-state index contributed by atoms with van der Waals surface area (Å²) < 4.78 is 14.8. The number of hydrogen-bond acceptors (Lipinski definition) is 3. The summed E-state index contributed by atoms with van der Waals surface area (Å²) in [5.41, 5.74) is 7.48. The van der Waals surface area contributed by atoms with Crippen molar-refractivity contribution in [2.24, 2.45) is 16.6 Å². The van der Waals surface area contributed by atoms with Gasteiger partial charge in [-0.3, -0.25) is 9.79 Å². The molecule has 28 heavy (non-hydrogen) atoms. The summed E-state index contributed by atoms with van der Waals surface area (Å²) >= 11 is 0. The number of nitrogens with one attached hydrogen (secondary N) is 1. The normalized spacial score (nSPS) is 20.7. The highest BCUT2D eigenvalue weighted by atomic mass is 19.1. The molecule has 0 spiro atoms. The maximum atomic E-state index is 13.2. The average Bonchev–Trinajstić information content (AvgIpc) is 3.18. The second-order valence-corrected chi connectivity index (χ2v) is 8.21. The Kier molecular flexibility index (Phi) is 5.40. The van der Waals surface area contributed by atoms with Crippen molar-refractivity contribution < 1.29 is 9.18 Å². The van der Waals surface area contributed by atoms with E-state index >= 15 is 0 Å². The number of likely N-dealkylation sites (tertiary alicyclic amines) is 1. The zero-order valence-corrected chi connectivity index (χ0v) is 16.7. The number of carbonyl (C=O) groups is 1. The van der Waals surface area contributed by atoms with Crippen LogP contribution in [-0.2, 0) is 4.79 Å². The molecule has 1 saturated heterocycles. The molecule has 7 nitrogen and oxygen atoms in total. The molecule has 3 N–H and O–H groups in total.